The Morgan fingerprint density at radius 2 is 1.92 bits per heavy atom. The molecule has 0 atom stereocenters. The number of hydrogen-bond donors (Lipinski definition) is 1. The van der Waals surface area contributed by atoms with Crippen LogP contribution in [0.2, 0.25) is 5.02 Å². The highest BCUT2D eigenvalue weighted by molar-refractivity contribution is 6.30. The predicted octanol–water partition coefficient (Wildman–Crippen LogP) is 3.56. The van der Waals surface area contributed by atoms with E-state index in [9.17, 15) is 4.79 Å². The van der Waals surface area contributed by atoms with E-state index in [1.54, 1.807) is 23.7 Å². The van der Waals surface area contributed by atoms with E-state index < -0.39 is 0 Å². The maximum atomic E-state index is 12.5. The summed E-state index contributed by atoms with van der Waals surface area (Å²) in [5.41, 5.74) is 2.64. The van der Waals surface area contributed by atoms with Gasteiger partial charge in [0.1, 0.15) is 5.75 Å². The fourth-order valence-corrected chi connectivity index (χ4v) is 2.70. The van der Waals surface area contributed by atoms with Gasteiger partial charge in [0.25, 0.3) is 5.91 Å². The first-order chi connectivity index (χ1) is 12.6. The fourth-order valence-electron chi connectivity index (χ4n) is 2.57. The number of nitrogens with one attached hydrogen (secondary N) is 1. The molecule has 0 fully saturated rings. The molecule has 3 rings (SSSR count). The van der Waals surface area contributed by atoms with Gasteiger partial charge in [-0.3, -0.25) is 4.79 Å². The van der Waals surface area contributed by atoms with E-state index in [0.29, 0.717) is 23.9 Å². The van der Waals surface area contributed by atoms with Crippen LogP contribution in [-0.2, 0) is 6.54 Å². The van der Waals surface area contributed by atoms with Crippen LogP contribution in [0, 0.1) is 6.92 Å². The fraction of sp³-hybridized carbons (Fsp3) is 0.211. The van der Waals surface area contributed by atoms with Gasteiger partial charge in [-0.25, -0.2) is 4.68 Å². The van der Waals surface area contributed by atoms with Crippen molar-refractivity contribution >= 4 is 17.5 Å². The molecule has 0 aliphatic carbocycles. The molecular formula is C19H19ClN4O2. The molecule has 1 aromatic heterocycles. The van der Waals surface area contributed by atoms with Crippen molar-refractivity contribution in [2.45, 2.75) is 20.4 Å². The molecule has 0 unspecified atom stereocenters. The SMILES string of the molecule is CCOc1ccccc1CNC(=O)c1nnn(-c2ccc(Cl)cc2)c1C. The average Bonchev–Trinajstić information content (AvgIpc) is 3.03. The Balaban J connectivity index is 1.74. The molecule has 0 radical (unpaired) electrons. The van der Waals surface area contributed by atoms with Gasteiger partial charge in [-0.2, -0.15) is 0 Å². The van der Waals surface area contributed by atoms with Crippen molar-refractivity contribution in [3.8, 4) is 11.4 Å². The molecule has 0 aliphatic rings. The lowest BCUT2D eigenvalue weighted by Crippen LogP contribution is -2.24. The number of para-hydroxylation sites is 1. The average molecular weight is 371 g/mol. The maximum Gasteiger partial charge on any atom is 0.274 e. The number of ether oxygens (including phenoxy) is 1. The zero-order valence-corrected chi connectivity index (χ0v) is 15.3. The first kappa shape index (κ1) is 17.9. The minimum atomic E-state index is -0.283. The van der Waals surface area contributed by atoms with Crippen LogP contribution in [-0.4, -0.2) is 27.5 Å². The second-order valence-corrected chi connectivity index (χ2v) is 6.07. The number of rotatable bonds is 6. The number of amides is 1. The highest BCUT2D eigenvalue weighted by atomic mass is 35.5. The van der Waals surface area contributed by atoms with Crippen LogP contribution in [0.3, 0.4) is 0 Å². The monoisotopic (exact) mass is 370 g/mol. The molecule has 134 valence electrons. The van der Waals surface area contributed by atoms with Gasteiger partial charge in [-0.15, -0.1) is 5.10 Å². The molecule has 0 bridgehead atoms. The van der Waals surface area contributed by atoms with Crippen LogP contribution in [0.15, 0.2) is 48.5 Å². The number of hydrogen-bond acceptors (Lipinski definition) is 4. The van der Waals surface area contributed by atoms with Crippen LogP contribution in [0.4, 0.5) is 0 Å². The Morgan fingerprint density at radius 3 is 2.65 bits per heavy atom. The summed E-state index contributed by atoms with van der Waals surface area (Å²) in [6.07, 6.45) is 0. The van der Waals surface area contributed by atoms with E-state index in [4.69, 9.17) is 16.3 Å². The number of halogens is 1. The molecule has 1 amide bonds. The third-order valence-corrected chi connectivity index (χ3v) is 4.14. The summed E-state index contributed by atoms with van der Waals surface area (Å²) in [6, 6.07) is 14.8. The first-order valence-corrected chi connectivity index (χ1v) is 8.65. The Kier molecular flexibility index (Phi) is 5.53. The van der Waals surface area contributed by atoms with Gasteiger partial charge in [0, 0.05) is 17.1 Å². The van der Waals surface area contributed by atoms with E-state index in [0.717, 1.165) is 17.0 Å². The zero-order valence-electron chi connectivity index (χ0n) is 14.6. The molecular weight excluding hydrogens is 352 g/mol. The van der Waals surface area contributed by atoms with Gasteiger partial charge in [0.15, 0.2) is 5.69 Å². The Bertz CT molecular complexity index is 906. The Morgan fingerprint density at radius 1 is 1.19 bits per heavy atom. The maximum absolute atomic E-state index is 12.5. The minimum Gasteiger partial charge on any atom is -0.494 e. The molecule has 1 N–H and O–H groups in total. The topological polar surface area (TPSA) is 69.0 Å². The summed E-state index contributed by atoms with van der Waals surface area (Å²) in [7, 11) is 0. The summed E-state index contributed by atoms with van der Waals surface area (Å²) in [4.78, 5) is 12.5. The smallest absolute Gasteiger partial charge is 0.274 e. The molecule has 26 heavy (non-hydrogen) atoms. The van der Waals surface area contributed by atoms with Crippen molar-refractivity contribution < 1.29 is 9.53 Å². The van der Waals surface area contributed by atoms with Crippen LogP contribution in [0.1, 0.15) is 28.7 Å². The Labute approximate surface area is 156 Å². The normalized spacial score (nSPS) is 10.6. The molecule has 2 aromatic carbocycles. The lowest BCUT2D eigenvalue weighted by molar-refractivity contribution is 0.0945. The quantitative estimate of drug-likeness (QED) is 0.720. The summed E-state index contributed by atoms with van der Waals surface area (Å²) in [6.45, 7) is 4.65. The van der Waals surface area contributed by atoms with Gasteiger partial charge in [-0.05, 0) is 44.2 Å². The minimum absolute atomic E-state index is 0.283. The van der Waals surface area contributed by atoms with E-state index in [1.165, 1.54) is 0 Å². The second-order valence-electron chi connectivity index (χ2n) is 5.64. The lowest BCUT2D eigenvalue weighted by Gasteiger charge is -2.10. The number of carbonyl (C=O) groups excluding carboxylic acids is 1. The predicted molar refractivity (Wildman–Crippen MR) is 99.9 cm³/mol. The third kappa shape index (κ3) is 3.86. The van der Waals surface area contributed by atoms with E-state index in [-0.39, 0.29) is 11.6 Å². The van der Waals surface area contributed by atoms with Gasteiger partial charge in [0.05, 0.1) is 18.0 Å². The van der Waals surface area contributed by atoms with Gasteiger partial charge in [-0.1, -0.05) is 35.0 Å². The van der Waals surface area contributed by atoms with Crippen molar-refractivity contribution in [3.05, 3.63) is 70.5 Å². The van der Waals surface area contributed by atoms with Crippen molar-refractivity contribution in [2.75, 3.05) is 6.61 Å². The Hall–Kier alpha value is -2.86. The largest absolute Gasteiger partial charge is 0.494 e. The number of aromatic nitrogens is 3. The molecule has 0 spiro atoms. The summed E-state index contributed by atoms with van der Waals surface area (Å²) in [5, 5.41) is 11.6. The van der Waals surface area contributed by atoms with Crippen molar-refractivity contribution in [1.29, 1.82) is 0 Å². The molecule has 7 heteroatoms. The van der Waals surface area contributed by atoms with E-state index in [1.807, 2.05) is 43.3 Å². The number of nitrogens with zero attached hydrogens (tertiary/aromatic N) is 3. The van der Waals surface area contributed by atoms with Crippen molar-refractivity contribution in [2.24, 2.45) is 0 Å². The summed E-state index contributed by atoms with van der Waals surface area (Å²) in [5.74, 6) is 0.478. The van der Waals surface area contributed by atoms with Crippen molar-refractivity contribution in [3.63, 3.8) is 0 Å². The van der Waals surface area contributed by atoms with E-state index in [2.05, 4.69) is 15.6 Å². The van der Waals surface area contributed by atoms with Gasteiger partial charge in [0.2, 0.25) is 0 Å². The van der Waals surface area contributed by atoms with Crippen LogP contribution in [0.5, 0.6) is 5.75 Å². The summed E-state index contributed by atoms with van der Waals surface area (Å²) >= 11 is 5.91. The standard InChI is InChI=1S/C19H19ClN4O2/c1-3-26-17-7-5-4-6-14(17)12-21-19(25)18-13(2)24(23-22-18)16-10-8-15(20)9-11-16/h4-11H,3,12H2,1-2H3,(H,21,25). The molecule has 1 heterocycles. The van der Waals surface area contributed by atoms with Crippen LogP contribution < -0.4 is 10.1 Å². The molecule has 0 aliphatic heterocycles. The number of benzene rings is 2. The zero-order chi connectivity index (χ0) is 18.5. The van der Waals surface area contributed by atoms with Crippen molar-refractivity contribution in [1.82, 2.24) is 20.3 Å². The lowest BCUT2D eigenvalue weighted by atomic mass is 10.2. The second kappa shape index (κ2) is 8.01. The first-order valence-electron chi connectivity index (χ1n) is 8.27. The highest BCUT2D eigenvalue weighted by Gasteiger charge is 2.17. The highest BCUT2D eigenvalue weighted by Crippen LogP contribution is 2.18. The van der Waals surface area contributed by atoms with E-state index >= 15 is 0 Å². The number of carbonyl (C=O) groups is 1. The van der Waals surface area contributed by atoms with Crippen LogP contribution in [0.25, 0.3) is 5.69 Å². The third-order valence-electron chi connectivity index (χ3n) is 3.89. The molecule has 0 saturated heterocycles. The molecule has 0 saturated carbocycles. The van der Waals surface area contributed by atoms with Crippen LogP contribution >= 0.6 is 11.6 Å². The van der Waals surface area contributed by atoms with Gasteiger partial charge >= 0.3 is 0 Å². The summed E-state index contributed by atoms with van der Waals surface area (Å²) < 4.78 is 7.19. The molecule has 3 aromatic rings. The molecule has 6 nitrogen and oxygen atoms in total. The van der Waals surface area contributed by atoms with Gasteiger partial charge < -0.3 is 10.1 Å².